The number of benzene rings is 3. The number of anilines is 3. The van der Waals surface area contributed by atoms with Crippen LogP contribution in [0, 0.1) is 5.92 Å². The highest BCUT2D eigenvalue weighted by atomic mass is 35.5. The molecule has 1 aliphatic heterocycles. The molecule has 0 radical (unpaired) electrons. The van der Waals surface area contributed by atoms with E-state index in [1.807, 2.05) is 42.5 Å². The van der Waals surface area contributed by atoms with Gasteiger partial charge in [-0.3, -0.25) is 9.59 Å². The molecule has 41 heavy (non-hydrogen) atoms. The minimum Gasteiger partial charge on any atom is -0.457 e. The molecule has 206 valence electrons. The number of nitrogens with zero attached hydrogens (tertiary/aromatic N) is 3. The van der Waals surface area contributed by atoms with E-state index in [9.17, 15) is 9.59 Å². The number of hydrogen-bond donors (Lipinski definition) is 3. The van der Waals surface area contributed by atoms with Crippen molar-refractivity contribution in [3.63, 3.8) is 0 Å². The Morgan fingerprint density at radius 2 is 1.71 bits per heavy atom. The Balaban J connectivity index is 1.20. The van der Waals surface area contributed by atoms with Gasteiger partial charge in [0.05, 0.1) is 27.3 Å². The molecule has 5 aromatic rings. The second kappa shape index (κ2) is 11.3. The lowest BCUT2D eigenvalue weighted by Gasteiger charge is -2.32. The van der Waals surface area contributed by atoms with Crippen LogP contribution < -0.4 is 20.7 Å². The van der Waals surface area contributed by atoms with Gasteiger partial charge in [-0.1, -0.05) is 41.9 Å². The van der Waals surface area contributed by atoms with E-state index >= 15 is 0 Å². The second-order valence-corrected chi connectivity index (χ2v) is 10.3. The highest BCUT2D eigenvalue weighted by Crippen LogP contribution is 2.34. The van der Waals surface area contributed by atoms with E-state index in [1.165, 1.54) is 6.33 Å². The van der Waals surface area contributed by atoms with E-state index < -0.39 is 0 Å². The van der Waals surface area contributed by atoms with Gasteiger partial charge in [0.2, 0.25) is 5.91 Å². The molecule has 0 spiro atoms. The first kappa shape index (κ1) is 26.3. The number of nitrogens with two attached hydrogens (primary N) is 1. The molecule has 10 heteroatoms. The zero-order chi connectivity index (χ0) is 28.3. The van der Waals surface area contributed by atoms with Gasteiger partial charge >= 0.3 is 0 Å². The fourth-order valence-electron chi connectivity index (χ4n) is 5.08. The normalized spacial score (nSPS) is 13.7. The zero-order valence-electron chi connectivity index (χ0n) is 22.0. The third-order valence-electron chi connectivity index (χ3n) is 7.24. The number of hydrogen-bond acceptors (Lipinski definition) is 7. The van der Waals surface area contributed by atoms with Gasteiger partial charge in [-0.25, -0.2) is 9.97 Å². The van der Waals surface area contributed by atoms with E-state index in [-0.39, 0.29) is 22.6 Å². The van der Waals surface area contributed by atoms with Crippen LogP contribution >= 0.6 is 11.6 Å². The van der Waals surface area contributed by atoms with E-state index in [4.69, 9.17) is 22.1 Å². The number of carbonyl (C=O) groups is 2. The SMILES string of the molecule is Nc1ccccc1NC(=O)C1CCN(c2ncnc3[nH]cc(C(=O)c4ccc(Oc5ccccc5)cc4Cl)c23)CC1. The van der Waals surface area contributed by atoms with Gasteiger partial charge in [0.1, 0.15) is 29.3 Å². The number of halogens is 1. The Kier molecular flexibility index (Phi) is 7.26. The first-order valence-corrected chi connectivity index (χ1v) is 13.7. The standard InChI is InChI=1S/C31H27ClN6O3/c32-24-16-21(41-20-6-2-1-3-7-20)10-11-22(24)28(39)23-17-34-29-27(23)30(36-18-35-29)38-14-12-19(13-15-38)31(40)37-26-9-5-4-8-25(26)33/h1-11,16-19H,12-15,33H2,(H,37,40)(H,34,35,36). The van der Waals surface area contributed by atoms with Crippen molar-refractivity contribution in [2.75, 3.05) is 29.0 Å². The number of piperidine rings is 1. The van der Waals surface area contributed by atoms with Crippen molar-refractivity contribution < 1.29 is 14.3 Å². The minimum absolute atomic E-state index is 0.0535. The maximum absolute atomic E-state index is 13.7. The van der Waals surface area contributed by atoms with Crippen LogP contribution in [0.3, 0.4) is 0 Å². The van der Waals surface area contributed by atoms with Gasteiger partial charge in [0.25, 0.3) is 0 Å². The zero-order valence-corrected chi connectivity index (χ0v) is 22.8. The number of fused-ring (bicyclic) bond motifs is 1. The second-order valence-electron chi connectivity index (χ2n) is 9.85. The summed E-state index contributed by atoms with van der Waals surface area (Å²) < 4.78 is 5.85. The van der Waals surface area contributed by atoms with Crippen molar-refractivity contribution in [1.29, 1.82) is 0 Å². The lowest BCUT2D eigenvalue weighted by atomic mass is 9.95. The number of aromatic nitrogens is 3. The van der Waals surface area contributed by atoms with Gasteiger partial charge in [-0.05, 0) is 49.2 Å². The number of ether oxygens (including phenoxy) is 1. The molecular weight excluding hydrogens is 540 g/mol. The molecule has 0 unspecified atom stereocenters. The van der Waals surface area contributed by atoms with E-state index in [0.29, 0.717) is 76.8 Å². The lowest BCUT2D eigenvalue weighted by molar-refractivity contribution is -0.120. The fraction of sp³-hybridized carbons (Fsp3) is 0.161. The molecule has 0 bridgehead atoms. The van der Waals surface area contributed by atoms with Crippen molar-refractivity contribution in [2.45, 2.75) is 12.8 Å². The maximum atomic E-state index is 13.7. The molecule has 1 saturated heterocycles. The van der Waals surface area contributed by atoms with Crippen LogP contribution in [-0.4, -0.2) is 39.7 Å². The molecule has 0 atom stereocenters. The maximum Gasteiger partial charge on any atom is 0.227 e. The molecule has 2 aromatic heterocycles. The summed E-state index contributed by atoms with van der Waals surface area (Å²) in [7, 11) is 0. The number of ketones is 1. The summed E-state index contributed by atoms with van der Waals surface area (Å²) in [6.45, 7) is 1.19. The van der Waals surface area contributed by atoms with Crippen molar-refractivity contribution in [3.8, 4) is 11.5 Å². The molecule has 4 N–H and O–H groups in total. The van der Waals surface area contributed by atoms with Crippen molar-refractivity contribution >= 4 is 51.5 Å². The van der Waals surface area contributed by atoms with Crippen molar-refractivity contribution in [3.05, 3.63) is 101 Å². The Bertz CT molecular complexity index is 1730. The van der Waals surface area contributed by atoms with E-state index in [0.717, 1.165) is 0 Å². The van der Waals surface area contributed by atoms with Gasteiger partial charge in [0.15, 0.2) is 5.78 Å². The van der Waals surface area contributed by atoms with Crippen molar-refractivity contribution in [2.24, 2.45) is 5.92 Å². The predicted octanol–water partition coefficient (Wildman–Crippen LogP) is 6.07. The number of nitrogens with one attached hydrogen (secondary N) is 2. The Hall–Kier alpha value is -4.89. The molecule has 0 aliphatic carbocycles. The van der Waals surface area contributed by atoms with Gasteiger partial charge in [0, 0.05) is 36.8 Å². The summed E-state index contributed by atoms with van der Waals surface area (Å²) in [5.74, 6) is 1.38. The van der Waals surface area contributed by atoms with Gasteiger partial charge in [-0.2, -0.15) is 0 Å². The van der Waals surface area contributed by atoms with Crippen molar-refractivity contribution in [1.82, 2.24) is 15.0 Å². The average molecular weight is 567 g/mol. The summed E-state index contributed by atoms with van der Waals surface area (Å²) >= 11 is 6.56. The lowest BCUT2D eigenvalue weighted by Crippen LogP contribution is -2.38. The molecular formula is C31H27ClN6O3. The van der Waals surface area contributed by atoms with Gasteiger partial charge in [-0.15, -0.1) is 0 Å². The monoisotopic (exact) mass is 566 g/mol. The fourth-order valence-corrected chi connectivity index (χ4v) is 5.33. The summed E-state index contributed by atoms with van der Waals surface area (Å²) in [6, 6.07) is 21.6. The van der Waals surface area contributed by atoms with E-state index in [1.54, 1.807) is 36.5 Å². The molecule has 1 aliphatic rings. The van der Waals surface area contributed by atoms with Gasteiger partial charge < -0.3 is 25.7 Å². The smallest absolute Gasteiger partial charge is 0.227 e. The van der Waals surface area contributed by atoms with Crippen LogP contribution in [0.2, 0.25) is 5.02 Å². The van der Waals surface area contributed by atoms with Crippen LogP contribution in [0.1, 0.15) is 28.8 Å². The number of nitrogen functional groups attached to an aromatic ring is 1. The summed E-state index contributed by atoms with van der Waals surface area (Å²) in [5.41, 5.74) is 8.46. The average Bonchev–Trinajstić information content (AvgIpc) is 3.43. The summed E-state index contributed by atoms with van der Waals surface area (Å²) in [4.78, 5) is 40.7. The number of rotatable bonds is 7. The first-order valence-electron chi connectivity index (χ1n) is 13.3. The first-order chi connectivity index (χ1) is 20.0. The third-order valence-corrected chi connectivity index (χ3v) is 7.56. The molecule has 0 saturated carbocycles. The highest BCUT2D eigenvalue weighted by molar-refractivity contribution is 6.35. The largest absolute Gasteiger partial charge is 0.457 e. The Labute approximate surface area is 241 Å². The topological polar surface area (TPSA) is 126 Å². The third kappa shape index (κ3) is 5.44. The number of aromatic amines is 1. The number of amides is 1. The minimum atomic E-state index is -0.252. The van der Waals surface area contributed by atoms with Crippen LogP contribution in [0.15, 0.2) is 85.3 Å². The molecule has 1 fully saturated rings. The molecule has 3 aromatic carbocycles. The number of carbonyl (C=O) groups excluding carboxylic acids is 2. The molecule has 9 nitrogen and oxygen atoms in total. The van der Waals surface area contributed by atoms with Crippen LogP contribution in [0.5, 0.6) is 11.5 Å². The predicted molar refractivity (Wildman–Crippen MR) is 160 cm³/mol. The molecule has 1 amide bonds. The van der Waals surface area contributed by atoms with E-state index in [2.05, 4.69) is 25.2 Å². The van der Waals surface area contributed by atoms with Crippen LogP contribution in [0.25, 0.3) is 11.0 Å². The van der Waals surface area contributed by atoms with Crippen LogP contribution in [-0.2, 0) is 4.79 Å². The molecule has 3 heterocycles. The number of para-hydroxylation sites is 3. The Morgan fingerprint density at radius 1 is 0.951 bits per heavy atom. The Morgan fingerprint density at radius 3 is 2.46 bits per heavy atom. The summed E-state index contributed by atoms with van der Waals surface area (Å²) in [5, 5.41) is 3.85. The molecule has 6 rings (SSSR count). The summed E-state index contributed by atoms with van der Waals surface area (Å²) in [6.07, 6.45) is 4.38. The number of H-pyrrole nitrogens is 1. The highest BCUT2D eigenvalue weighted by Gasteiger charge is 2.29. The quantitative estimate of drug-likeness (QED) is 0.161. The van der Waals surface area contributed by atoms with Crippen LogP contribution in [0.4, 0.5) is 17.2 Å².